The molecule has 0 aliphatic rings. The van der Waals surface area contributed by atoms with Gasteiger partial charge in [-0.15, -0.1) is 5.10 Å². The summed E-state index contributed by atoms with van der Waals surface area (Å²) in [6.07, 6.45) is 3.37. The molecular formula is C14H19N5O3S. The Morgan fingerprint density at radius 2 is 2.17 bits per heavy atom. The van der Waals surface area contributed by atoms with Crippen LogP contribution < -0.4 is 4.72 Å². The van der Waals surface area contributed by atoms with Gasteiger partial charge in [-0.25, -0.2) is 17.8 Å². The lowest BCUT2D eigenvalue weighted by molar-refractivity contribution is -0.120. The third-order valence-electron chi connectivity index (χ3n) is 3.31. The zero-order valence-electron chi connectivity index (χ0n) is 13.0. The summed E-state index contributed by atoms with van der Waals surface area (Å²) in [5.41, 5.74) is 0.490. The second-order valence-corrected chi connectivity index (χ2v) is 7.06. The van der Waals surface area contributed by atoms with Crippen molar-refractivity contribution >= 4 is 15.9 Å². The number of aromatic nitrogens is 4. The monoisotopic (exact) mass is 337 g/mol. The van der Waals surface area contributed by atoms with Crippen LogP contribution in [0.25, 0.3) is 5.69 Å². The quantitative estimate of drug-likeness (QED) is 0.816. The van der Waals surface area contributed by atoms with Gasteiger partial charge < -0.3 is 0 Å². The van der Waals surface area contributed by atoms with Crippen molar-refractivity contribution in [3.05, 3.63) is 30.6 Å². The summed E-state index contributed by atoms with van der Waals surface area (Å²) < 4.78 is 28.1. The summed E-state index contributed by atoms with van der Waals surface area (Å²) in [6, 6.07) is 6.05. The van der Waals surface area contributed by atoms with Crippen molar-refractivity contribution in [1.29, 1.82) is 0 Å². The number of benzene rings is 1. The molecule has 1 aromatic heterocycles. The number of hydrogen-bond donors (Lipinski definition) is 1. The normalized spacial score (nSPS) is 12.8. The molecule has 124 valence electrons. The molecule has 2 rings (SSSR count). The highest BCUT2D eigenvalue weighted by Gasteiger charge is 2.19. The van der Waals surface area contributed by atoms with Crippen molar-refractivity contribution < 1.29 is 13.2 Å². The van der Waals surface area contributed by atoms with Crippen molar-refractivity contribution in [1.82, 2.24) is 24.9 Å². The molecule has 0 saturated heterocycles. The molecule has 23 heavy (non-hydrogen) atoms. The van der Waals surface area contributed by atoms with Crippen LogP contribution in [0.3, 0.4) is 0 Å². The number of hydrogen-bond acceptors (Lipinski definition) is 6. The van der Waals surface area contributed by atoms with Crippen molar-refractivity contribution in [3.63, 3.8) is 0 Å². The predicted molar refractivity (Wildman–Crippen MR) is 83.2 cm³/mol. The first-order valence-electron chi connectivity index (χ1n) is 7.31. The third-order valence-corrected chi connectivity index (χ3v) is 4.68. The number of carbonyl (C=O) groups is 1. The summed E-state index contributed by atoms with van der Waals surface area (Å²) in [4.78, 5) is 11.9. The second-order valence-electron chi connectivity index (χ2n) is 5.38. The maximum atomic E-state index is 12.3. The van der Waals surface area contributed by atoms with E-state index >= 15 is 0 Å². The van der Waals surface area contributed by atoms with Crippen molar-refractivity contribution in [2.75, 3.05) is 0 Å². The molecule has 1 amide bonds. The van der Waals surface area contributed by atoms with E-state index in [1.165, 1.54) is 23.1 Å². The first kappa shape index (κ1) is 17.1. The van der Waals surface area contributed by atoms with Gasteiger partial charge in [0, 0.05) is 6.42 Å². The number of amides is 1. The highest BCUT2D eigenvalue weighted by Crippen LogP contribution is 2.15. The van der Waals surface area contributed by atoms with Crippen LogP contribution >= 0.6 is 0 Å². The Hall–Kier alpha value is -2.29. The minimum absolute atomic E-state index is 0.0120. The minimum atomic E-state index is -3.92. The van der Waals surface area contributed by atoms with Gasteiger partial charge in [-0.2, -0.15) is 0 Å². The van der Waals surface area contributed by atoms with Crippen LogP contribution in [0.2, 0.25) is 0 Å². The highest BCUT2D eigenvalue weighted by atomic mass is 32.2. The van der Waals surface area contributed by atoms with E-state index in [-0.39, 0.29) is 17.2 Å². The van der Waals surface area contributed by atoms with Crippen molar-refractivity contribution in [2.24, 2.45) is 5.92 Å². The SMILES string of the molecule is CCC[C@@H](C)CC(=O)NS(=O)(=O)c1cccc(-n2cnnn2)c1. The Balaban J connectivity index is 2.14. The van der Waals surface area contributed by atoms with Crippen LogP contribution in [-0.2, 0) is 14.8 Å². The first-order valence-corrected chi connectivity index (χ1v) is 8.79. The Morgan fingerprint density at radius 3 is 2.83 bits per heavy atom. The maximum absolute atomic E-state index is 12.3. The smallest absolute Gasteiger partial charge is 0.264 e. The molecule has 9 heteroatoms. The van der Waals surface area contributed by atoms with E-state index in [0.717, 1.165) is 12.8 Å². The number of rotatable bonds is 7. The molecule has 1 N–H and O–H groups in total. The summed E-state index contributed by atoms with van der Waals surface area (Å²) in [7, 11) is -3.92. The van der Waals surface area contributed by atoms with Gasteiger partial charge >= 0.3 is 0 Å². The molecular weight excluding hydrogens is 318 g/mol. The van der Waals surface area contributed by atoms with Crippen LogP contribution in [0.15, 0.2) is 35.5 Å². The Bertz CT molecular complexity index is 758. The number of sulfonamides is 1. The van der Waals surface area contributed by atoms with E-state index < -0.39 is 15.9 Å². The van der Waals surface area contributed by atoms with Gasteiger partial charge in [-0.3, -0.25) is 4.79 Å². The average Bonchev–Trinajstić information content (AvgIpc) is 3.01. The Morgan fingerprint density at radius 1 is 1.39 bits per heavy atom. The largest absolute Gasteiger partial charge is 0.274 e. The zero-order chi connectivity index (χ0) is 16.9. The van der Waals surface area contributed by atoms with E-state index in [2.05, 4.69) is 20.2 Å². The second kappa shape index (κ2) is 7.32. The standard InChI is InChI=1S/C14H19N5O3S/c1-3-5-11(2)8-14(20)16-23(21,22)13-7-4-6-12(9-13)19-10-15-17-18-19/h4,6-7,9-11H,3,5,8H2,1-2H3,(H,16,20)/t11-/m1/s1. The van der Waals surface area contributed by atoms with E-state index in [4.69, 9.17) is 0 Å². The van der Waals surface area contributed by atoms with Gasteiger partial charge in [-0.1, -0.05) is 32.8 Å². The van der Waals surface area contributed by atoms with Gasteiger partial charge in [0.05, 0.1) is 10.6 Å². The molecule has 0 aliphatic heterocycles. The molecule has 1 atom stereocenters. The van der Waals surface area contributed by atoms with E-state index in [1.807, 2.05) is 13.8 Å². The first-order chi connectivity index (χ1) is 10.9. The average molecular weight is 337 g/mol. The lowest BCUT2D eigenvalue weighted by Gasteiger charge is -2.11. The van der Waals surface area contributed by atoms with E-state index in [1.54, 1.807) is 12.1 Å². The third kappa shape index (κ3) is 4.59. The van der Waals surface area contributed by atoms with E-state index in [9.17, 15) is 13.2 Å². The van der Waals surface area contributed by atoms with Crippen LogP contribution in [0.5, 0.6) is 0 Å². The number of tetrazole rings is 1. The fourth-order valence-electron chi connectivity index (χ4n) is 2.23. The molecule has 0 saturated carbocycles. The molecule has 0 bridgehead atoms. The topological polar surface area (TPSA) is 107 Å². The molecule has 0 radical (unpaired) electrons. The van der Waals surface area contributed by atoms with Gasteiger partial charge in [-0.05, 0) is 34.5 Å². The van der Waals surface area contributed by atoms with Gasteiger partial charge in [0.25, 0.3) is 10.0 Å². The van der Waals surface area contributed by atoms with Crippen molar-refractivity contribution in [2.45, 2.75) is 38.0 Å². The van der Waals surface area contributed by atoms with Gasteiger partial charge in [0.2, 0.25) is 5.91 Å². The number of nitrogens with zero attached hydrogens (tertiary/aromatic N) is 4. The molecule has 0 unspecified atom stereocenters. The molecule has 0 spiro atoms. The molecule has 8 nitrogen and oxygen atoms in total. The fourth-order valence-corrected chi connectivity index (χ4v) is 3.27. The van der Waals surface area contributed by atoms with Gasteiger partial charge in [0.1, 0.15) is 6.33 Å². The van der Waals surface area contributed by atoms with Crippen molar-refractivity contribution in [3.8, 4) is 5.69 Å². The van der Waals surface area contributed by atoms with E-state index in [0.29, 0.717) is 5.69 Å². The molecule has 0 fully saturated rings. The van der Waals surface area contributed by atoms with Crippen LogP contribution in [0.4, 0.5) is 0 Å². The Kier molecular flexibility index (Phi) is 5.43. The molecule has 2 aromatic rings. The maximum Gasteiger partial charge on any atom is 0.264 e. The summed E-state index contributed by atoms with van der Waals surface area (Å²) in [6.45, 7) is 3.95. The highest BCUT2D eigenvalue weighted by molar-refractivity contribution is 7.90. The van der Waals surface area contributed by atoms with Crippen LogP contribution in [0.1, 0.15) is 33.1 Å². The summed E-state index contributed by atoms with van der Waals surface area (Å²) in [5, 5.41) is 10.7. The lowest BCUT2D eigenvalue weighted by atomic mass is 10.0. The summed E-state index contributed by atoms with van der Waals surface area (Å²) >= 11 is 0. The number of nitrogens with one attached hydrogen (secondary N) is 1. The fraction of sp³-hybridized carbons (Fsp3) is 0.429. The molecule has 0 aliphatic carbocycles. The van der Waals surface area contributed by atoms with Crippen LogP contribution in [0, 0.1) is 5.92 Å². The Labute approximate surface area is 134 Å². The molecule has 1 heterocycles. The summed E-state index contributed by atoms with van der Waals surface area (Å²) in [5.74, 6) is -0.360. The number of carbonyl (C=O) groups excluding carboxylic acids is 1. The zero-order valence-corrected chi connectivity index (χ0v) is 13.8. The lowest BCUT2D eigenvalue weighted by Crippen LogP contribution is -2.31. The minimum Gasteiger partial charge on any atom is -0.274 e. The predicted octanol–water partition coefficient (Wildman–Crippen LogP) is 1.29. The van der Waals surface area contributed by atoms with Gasteiger partial charge in [0.15, 0.2) is 0 Å². The van der Waals surface area contributed by atoms with Crippen LogP contribution in [-0.4, -0.2) is 34.5 Å². The molecule has 1 aromatic carbocycles.